The third-order valence-electron chi connectivity index (χ3n) is 6.23. The van der Waals surface area contributed by atoms with Crippen LogP contribution in [0.25, 0.3) is 10.2 Å². The zero-order chi connectivity index (χ0) is 23.8. The maximum absolute atomic E-state index is 13.6. The van der Waals surface area contributed by atoms with Gasteiger partial charge in [-0.1, -0.05) is 23.5 Å². The van der Waals surface area contributed by atoms with E-state index < -0.39 is 10.0 Å². The van der Waals surface area contributed by atoms with Crippen LogP contribution in [0.15, 0.2) is 33.9 Å². The Bertz CT molecular complexity index is 1230. The Hall–Kier alpha value is -1.85. The van der Waals surface area contributed by atoms with Gasteiger partial charge in [0.25, 0.3) is 10.0 Å². The molecule has 1 aliphatic heterocycles. The molecule has 0 saturated carbocycles. The van der Waals surface area contributed by atoms with E-state index in [0.29, 0.717) is 36.7 Å². The summed E-state index contributed by atoms with van der Waals surface area (Å²) in [6.45, 7) is 6.13. The van der Waals surface area contributed by atoms with Gasteiger partial charge in [-0.3, -0.25) is 9.69 Å². The lowest BCUT2D eigenvalue weighted by molar-refractivity contribution is -0.123. The minimum Gasteiger partial charge on any atom is -0.308 e. The lowest BCUT2D eigenvalue weighted by Crippen LogP contribution is -2.45. The average molecular weight is 507 g/mol. The zero-order valence-corrected chi connectivity index (χ0v) is 21.9. The molecule has 7 nitrogen and oxygen atoms in total. The third-order valence-corrected chi connectivity index (χ3v) is 10.5. The molecule has 0 spiro atoms. The highest BCUT2D eigenvalue weighted by Crippen LogP contribution is 2.34. The largest absolute Gasteiger partial charge is 0.308 e. The molecule has 33 heavy (non-hydrogen) atoms. The molecule has 1 aromatic carbocycles. The maximum Gasteiger partial charge on any atom is 0.252 e. The van der Waals surface area contributed by atoms with E-state index in [4.69, 9.17) is 4.98 Å². The Balaban J connectivity index is 1.54. The molecule has 2 aromatic heterocycles. The number of sulfonamides is 1. The van der Waals surface area contributed by atoms with Crippen LogP contribution < -0.4 is 4.90 Å². The number of rotatable bonds is 7. The van der Waals surface area contributed by atoms with Crippen LogP contribution in [-0.4, -0.2) is 68.8 Å². The van der Waals surface area contributed by atoms with E-state index in [2.05, 4.69) is 30.9 Å². The first-order valence-corrected chi connectivity index (χ1v) is 14.2. The predicted molar refractivity (Wildman–Crippen MR) is 136 cm³/mol. The number of carbonyl (C=O) groups is 1. The Morgan fingerprint density at radius 2 is 1.88 bits per heavy atom. The first-order valence-electron chi connectivity index (χ1n) is 11.0. The second kappa shape index (κ2) is 9.79. The van der Waals surface area contributed by atoms with Gasteiger partial charge in [0.05, 0.1) is 10.2 Å². The van der Waals surface area contributed by atoms with Crippen LogP contribution >= 0.6 is 22.7 Å². The van der Waals surface area contributed by atoms with Gasteiger partial charge >= 0.3 is 0 Å². The smallest absolute Gasteiger partial charge is 0.252 e. The number of carbonyl (C=O) groups excluding carboxylic acids is 1. The normalized spacial score (nSPS) is 16.0. The molecule has 1 aliphatic rings. The van der Waals surface area contributed by atoms with Crippen LogP contribution in [0.3, 0.4) is 0 Å². The van der Waals surface area contributed by atoms with Crippen LogP contribution in [0.2, 0.25) is 0 Å². The number of piperidine rings is 1. The number of likely N-dealkylation sites (N-methyl/N-ethyl adjacent to an activating group) is 1. The van der Waals surface area contributed by atoms with E-state index in [-0.39, 0.29) is 11.8 Å². The van der Waals surface area contributed by atoms with Gasteiger partial charge in [-0.15, -0.1) is 11.3 Å². The van der Waals surface area contributed by atoms with E-state index in [9.17, 15) is 13.2 Å². The Morgan fingerprint density at radius 1 is 1.15 bits per heavy atom. The molecule has 4 rings (SSSR count). The second-order valence-corrected chi connectivity index (χ2v) is 12.9. The lowest BCUT2D eigenvalue weighted by atomic mass is 9.96. The molecular weight excluding hydrogens is 476 g/mol. The molecule has 1 amide bonds. The summed E-state index contributed by atoms with van der Waals surface area (Å²) in [5.41, 5.74) is 3.28. The molecule has 1 saturated heterocycles. The monoisotopic (exact) mass is 506 g/mol. The summed E-state index contributed by atoms with van der Waals surface area (Å²) in [6.07, 6.45) is 1.04. The summed E-state index contributed by atoms with van der Waals surface area (Å²) in [6, 6.07) is 7.55. The van der Waals surface area contributed by atoms with Gasteiger partial charge < -0.3 is 4.90 Å². The van der Waals surface area contributed by atoms with E-state index in [1.165, 1.54) is 21.2 Å². The summed E-state index contributed by atoms with van der Waals surface area (Å²) in [4.78, 5) is 22.4. The number of fused-ring (bicyclic) bond motifs is 1. The van der Waals surface area contributed by atoms with Crippen LogP contribution in [-0.2, 0) is 14.8 Å². The number of aromatic nitrogens is 1. The fraction of sp³-hybridized carbons (Fsp3) is 0.478. The first-order chi connectivity index (χ1) is 15.7. The Labute approximate surface area is 203 Å². The molecule has 1 fully saturated rings. The number of anilines is 1. The third kappa shape index (κ3) is 5.00. The SMILES string of the molecule is Cc1ccc2sc(N(CCN(C)C)C(=O)C3CCN(S(=O)(=O)c4cccs4)CC3)nc2c1C. The lowest BCUT2D eigenvalue weighted by Gasteiger charge is -2.33. The summed E-state index contributed by atoms with van der Waals surface area (Å²) in [7, 11) is 0.499. The highest BCUT2D eigenvalue weighted by molar-refractivity contribution is 7.91. The number of thiazole rings is 1. The van der Waals surface area contributed by atoms with Gasteiger partial charge in [-0.05, 0) is 69.4 Å². The molecule has 3 heterocycles. The van der Waals surface area contributed by atoms with Crippen molar-refractivity contribution in [3.05, 3.63) is 40.8 Å². The molecule has 0 aliphatic carbocycles. The number of amides is 1. The maximum atomic E-state index is 13.6. The number of benzene rings is 1. The summed E-state index contributed by atoms with van der Waals surface area (Å²) >= 11 is 2.78. The molecule has 0 radical (unpaired) electrons. The van der Waals surface area contributed by atoms with Crippen molar-refractivity contribution in [3.8, 4) is 0 Å². The molecular formula is C23H30N4O3S3. The molecule has 178 valence electrons. The van der Waals surface area contributed by atoms with Crippen molar-refractivity contribution >= 4 is 54.0 Å². The van der Waals surface area contributed by atoms with Crippen molar-refractivity contribution in [3.63, 3.8) is 0 Å². The minimum atomic E-state index is -3.48. The van der Waals surface area contributed by atoms with Crippen LogP contribution in [0.5, 0.6) is 0 Å². The topological polar surface area (TPSA) is 73.8 Å². The number of hydrogen-bond donors (Lipinski definition) is 0. The van der Waals surface area contributed by atoms with Crippen LogP contribution in [0.4, 0.5) is 5.13 Å². The van der Waals surface area contributed by atoms with Crippen LogP contribution in [0, 0.1) is 19.8 Å². The van der Waals surface area contributed by atoms with Gasteiger partial charge in [0.2, 0.25) is 5.91 Å². The minimum absolute atomic E-state index is 0.0402. The Kier molecular flexibility index (Phi) is 7.20. The van der Waals surface area contributed by atoms with Crippen molar-refractivity contribution in [2.24, 2.45) is 5.92 Å². The predicted octanol–water partition coefficient (Wildman–Crippen LogP) is 3.97. The van der Waals surface area contributed by atoms with Gasteiger partial charge in [0.15, 0.2) is 5.13 Å². The zero-order valence-electron chi connectivity index (χ0n) is 19.4. The van der Waals surface area contributed by atoms with E-state index >= 15 is 0 Å². The van der Waals surface area contributed by atoms with Crippen molar-refractivity contribution in [1.82, 2.24) is 14.2 Å². The van der Waals surface area contributed by atoms with Gasteiger partial charge in [-0.2, -0.15) is 4.31 Å². The van der Waals surface area contributed by atoms with Crippen molar-refractivity contribution in [1.29, 1.82) is 0 Å². The number of nitrogens with zero attached hydrogens (tertiary/aromatic N) is 4. The molecule has 0 bridgehead atoms. The quantitative estimate of drug-likeness (QED) is 0.485. The molecule has 3 aromatic rings. The Morgan fingerprint density at radius 3 is 2.52 bits per heavy atom. The highest BCUT2D eigenvalue weighted by Gasteiger charge is 2.35. The van der Waals surface area contributed by atoms with E-state index in [1.54, 1.807) is 28.8 Å². The fourth-order valence-corrected chi connectivity index (χ4v) is 7.70. The van der Waals surface area contributed by atoms with Crippen molar-refractivity contribution in [2.75, 3.05) is 45.2 Å². The summed E-state index contributed by atoms with van der Waals surface area (Å²) in [5.74, 6) is -0.171. The van der Waals surface area contributed by atoms with Gasteiger partial charge in [0, 0.05) is 32.1 Å². The highest BCUT2D eigenvalue weighted by atomic mass is 32.2. The number of aryl methyl sites for hydroxylation is 2. The van der Waals surface area contributed by atoms with Crippen LogP contribution in [0.1, 0.15) is 24.0 Å². The van der Waals surface area contributed by atoms with E-state index in [0.717, 1.165) is 27.5 Å². The second-order valence-electron chi connectivity index (χ2n) is 8.75. The fourth-order valence-electron chi connectivity index (χ4n) is 4.03. The molecule has 0 unspecified atom stereocenters. The number of hydrogen-bond acceptors (Lipinski definition) is 7. The molecule has 10 heteroatoms. The molecule has 0 atom stereocenters. The van der Waals surface area contributed by atoms with Crippen molar-refractivity contribution < 1.29 is 13.2 Å². The summed E-state index contributed by atoms with van der Waals surface area (Å²) in [5, 5.41) is 2.49. The summed E-state index contributed by atoms with van der Waals surface area (Å²) < 4.78 is 28.6. The van der Waals surface area contributed by atoms with E-state index in [1.807, 2.05) is 19.0 Å². The van der Waals surface area contributed by atoms with Crippen molar-refractivity contribution in [2.45, 2.75) is 30.9 Å². The standard InChI is InChI=1S/C23H30N4O3S3/c1-16-7-8-19-21(17(16)2)24-23(32-19)27(14-13-25(3)4)22(28)18-9-11-26(12-10-18)33(29,30)20-6-5-15-31-20/h5-8,15,18H,9-14H2,1-4H3. The first kappa shape index (κ1) is 24.3. The average Bonchev–Trinajstić information content (AvgIpc) is 3.47. The molecule has 0 N–H and O–H groups in total. The van der Waals surface area contributed by atoms with Gasteiger partial charge in [0.1, 0.15) is 4.21 Å². The van der Waals surface area contributed by atoms with Gasteiger partial charge in [-0.25, -0.2) is 13.4 Å². The number of thiophene rings is 1.